The van der Waals surface area contributed by atoms with Crippen LogP contribution in [0.1, 0.15) is 118 Å². The second-order valence-electron chi connectivity index (χ2n) is 11.9. The van der Waals surface area contributed by atoms with E-state index in [1.54, 1.807) is 0 Å². The number of fused-ring (bicyclic) bond motifs is 4. The van der Waals surface area contributed by atoms with E-state index in [0.29, 0.717) is 10.8 Å². The largest absolute Gasteiger partial charge is 0.0668 e. The van der Waals surface area contributed by atoms with E-state index in [1.165, 1.54) is 83.5 Å². The van der Waals surface area contributed by atoms with Gasteiger partial charge >= 0.3 is 0 Å². The summed E-state index contributed by atoms with van der Waals surface area (Å²) >= 11 is 0. The van der Waals surface area contributed by atoms with Crippen molar-refractivity contribution in [1.29, 1.82) is 0 Å². The smallest absolute Gasteiger partial charge is 0.00827 e. The van der Waals surface area contributed by atoms with Gasteiger partial charge in [-0.25, -0.2) is 0 Å². The minimum absolute atomic E-state index is 0.571. The molecule has 0 amide bonds. The zero-order valence-corrected chi connectivity index (χ0v) is 19.1. The molecule has 0 aromatic rings. The van der Waals surface area contributed by atoms with E-state index in [1.807, 2.05) is 11.1 Å². The van der Waals surface area contributed by atoms with Gasteiger partial charge in [-0.15, -0.1) is 0 Å². The third-order valence-corrected chi connectivity index (χ3v) is 10.1. The van der Waals surface area contributed by atoms with Crippen LogP contribution in [0.25, 0.3) is 0 Å². The summed E-state index contributed by atoms with van der Waals surface area (Å²) in [6, 6.07) is 0. The lowest BCUT2D eigenvalue weighted by atomic mass is 9.49. The maximum atomic E-state index is 2.71. The fourth-order valence-corrected chi connectivity index (χ4v) is 8.52. The fourth-order valence-electron chi connectivity index (χ4n) is 8.52. The highest BCUT2D eigenvalue weighted by molar-refractivity contribution is 5.34. The average Bonchev–Trinajstić information content (AvgIpc) is 2.95. The number of allylic oxidation sites excluding steroid dienone is 2. The maximum Gasteiger partial charge on any atom is -0.00827 e. The molecule has 154 valence electrons. The molecule has 4 aliphatic rings. The average molecular weight is 371 g/mol. The third-order valence-electron chi connectivity index (χ3n) is 10.1. The summed E-state index contributed by atoms with van der Waals surface area (Å²) in [6.45, 7) is 12.7. The van der Waals surface area contributed by atoms with Crippen molar-refractivity contribution in [3.05, 3.63) is 11.1 Å². The molecule has 4 rings (SSSR count). The molecule has 0 heteroatoms. The number of rotatable bonds is 5. The molecule has 0 aliphatic heterocycles. The molecule has 0 aromatic carbocycles. The topological polar surface area (TPSA) is 0 Å². The van der Waals surface area contributed by atoms with Crippen LogP contribution in [0, 0.1) is 40.4 Å². The SMILES string of the molecule is CC(C)CCCCC1CCC2C3=C(CCC12C)C1(C)CCC[C@@H](C)C1CC3. The van der Waals surface area contributed by atoms with Crippen LogP contribution in [-0.2, 0) is 0 Å². The molecule has 4 aliphatic carbocycles. The second-order valence-corrected chi connectivity index (χ2v) is 11.9. The molecule has 6 atom stereocenters. The highest BCUT2D eigenvalue weighted by Crippen LogP contribution is 2.65. The highest BCUT2D eigenvalue weighted by Gasteiger charge is 2.55. The Morgan fingerprint density at radius 3 is 2.56 bits per heavy atom. The van der Waals surface area contributed by atoms with Crippen LogP contribution in [0.15, 0.2) is 11.1 Å². The Bertz CT molecular complexity index is 569. The predicted octanol–water partition coefficient (Wildman–Crippen LogP) is 8.56. The van der Waals surface area contributed by atoms with E-state index in [-0.39, 0.29) is 0 Å². The van der Waals surface area contributed by atoms with Gasteiger partial charge in [-0.2, -0.15) is 0 Å². The van der Waals surface area contributed by atoms with Crippen molar-refractivity contribution in [3.63, 3.8) is 0 Å². The predicted molar refractivity (Wildman–Crippen MR) is 118 cm³/mol. The lowest BCUT2D eigenvalue weighted by molar-refractivity contribution is 0.0508. The standard InChI is InChI=1S/C27H46/c1-19(2)9-6-7-11-21-12-14-24-22-13-15-23-20(3)10-8-17-27(23,5)25(22)16-18-26(21,24)4/h19-21,23-24H,6-18H2,1-5H3/t20-,21?,23?,24?,26?,27?/m1/s1. The van der Waals surface area contributed by atoms with Crippen LogP contribution in [0.2, 0.25) is 0 Å². The Morgan fingerprint density at radius 2 is 1.78 bits per heavy atom. The Kier molecular flexibility index (Phi) is 5.59. The lowest BCUT2D eigenvalue weighted by Gasteiger charge is -2.55. The Balaban J connectivity index is 1.51. The van der Waals surface area contributed by atoms with Crippen molar-refractivity contribution < 1.29 is 0 Å². The van der Waals surface area contributed by atoms with E-state index in [2.05, 4.69) is 34.6 Å². The highest BCUT2D eigenvalue weighted by atomic mass is 14.6. The van der Waals surface area contributed by atoms with Crippen LogP contribution in [0.3, 0.4) is 0 Å². The van der Waals surface area contributed by atoms with Crippen LogP contribution >= 0.6 is 0 Å². The van der Waals surface area contributed by atoms with Crippen molar-refractivity contribution in [3.8, 4) is 0 Å². The molecule has 0 spiro atoms. The van der Waals surface area contributed by atoms with Crippen LogP contribution in [0.5, 0.6) is 0 Å². The molecule has 2 saturated carbocycles. The molecule has 2 fully saturated rings. The number of hydrogen-bond acceptors (Lipinski definition) is 0. The molecule has 0 nitrogen and oxygen atoms in total. The molecule has 5 unspecified atom stereocenters. The minimum Gasteiger partial charge on any atom is -0.0668 e. The van der Waals surface area contributed by atoms with Crippen LogP contribution in [0.4, 0.5) is 0 Å². The maximum absolute atomic E-state index is 2.71. The molecule has 0 saturated heterocycles. The zero-order valence-electron chi connectivity index (χ0n) is 19.1. The summed E-state index contributed by atoms with van der Waals surface area (Å²) in [5.41, 5.74) is 5.21. The molecule has 27 heavy (non-hydrogen) atoms. The van der Waals surface area contributed by atoms with Crippen molar-refractivity contribution in [2.75, 3.05) is 0 Å². The van der Waals surface area contributed by atoms with Gasteiger partial charge < -0.3 is 0 Å². The van der Waals surface area contributed by atoms with Gasteiger partial charge in [0.25, 0.3) is 0 Å². The van der Waals surface area contributed by atoms with Crippen molar-refractivity contribution >= 4 is 0 Å². The quantitative estimate of drug-likeness (QED) is 0.336. The van der Waals surface area contributed by atoms with E-state index in [9.17, 15) is 0 Å². The van der Waals surface area contributed by atoms with Gasteiger partial charge in [0.05, 0.1) is 0 Å². The fraction of sp³-hybridized carbons (Fsp3) is 0.926. The number of unbranched alkanes of at least 4 members (excludes halogenated alkanes) is 1. The Hall–Kier alpha value is -0.260. The van der Waals surface area contributed by atoms with E-state index < -0.39 is 0 Å². The van der Waals surface area contributed by atoms with E-state index in [0.717, 1.165) is 29.6 Å². The van der Waals surface area contributed by atoms with Crippen LogP contribution in [-0.4, -0.2) is 0 Å². The molecule has 0 aromatic heterocycles. The number of hydrogen-bond donors (Lipinski definition) is 0. The van der Waals surface area contributed by atoms with Gasteiger partial charge in [0, 0.05) is 0 Å². The Labute approximate surface area is 170 Å². The minimum atomic E-state index is 0.571. The van der Waals surface area contributed by atoms with Gasteiger partial charge in [-0.3, -0.25) is 0 Å². The first-order valence-corrected chi connectivity index (χ1v) is 12.6. The first-order valence-electron chi connectivity index (χ1n) is 12.6. The molecule has 0 N–H and O–H groups in total. The lowest BCUT2D eigenvalue weighted by Crippen LogP contribution is -2.45. The van der Waals surface area contributed by atoms with Gasteiger partial charge in [-0.1, -0.05) is 77.9 Å². The van der Waals surface area contributed by atoms with E-state index in [4.69, 9.17) is 0 Å². The molecule has 0 radical (unpaired) electrons. The summed E-state index contributed by atoms with van der Waals surface area (Å²) in [7, 11) is 0. The first-order chi connectivity index (χ1) is 12.9. The molecular weight excluding hydrogens is 324 g/mol. The summed E-state index contributed by atoms with van der Waals surface area (Å²) in [4.78, 5) is 0. The van der Waals surface area contributed by atoms with E-state index >= 15 is 0 Å². The molecular formula is C27H46. The first kappa shape index (κ1) is 20.0. The molecule has 0 bridgehead atoms. The van der Waals surface area contributed by atoms with Gasteiger partial charge in [-0.05, 0) is 91.8 Å². The monoisotopic (exact) mass is 370 g/mol. The van der Waals surface area contributed by atoms with Crippen molar-refractivity contribution in [1.82, 2.24) is 0 Å². The third kappa shape index (κ3) is 3.36. The summed E-state index contributed by atoms with van der Waals surface area (Å²) < 4.78 is 0. The van der Waals surface area contributed by atoms with Gasteiger partial charge in [0.1, 0.15) is 0 Å². The molecule has 0 heterocycles. The van der Waals surface area contributed by atoms with Crippen LogP contribution < -0.4 is 0 Å². The Morgan fingerprint density at radius 1 is 0.963 bits per heavy atom. The van der Waals surface area contributed by atoms with Gasteiger partial charge in [0.2, 0.25) is 0 Å². The normalized spacial score (nSPS) is 44.2. The van der Waals surface area contributed by atoms with Gasteiger partial charge in [0.15, 0.2) is 0 Å². The second kappa shape index (κ2) is 7.53. The summed E-state index contributed by atoms with van der Waals surface area (Å²) in [6.07, 6.45) is 19.3. The zero-order chi connectivity index (χ0) is 19.2. The van der Waals surface area contributed by atoms with Crippen molar-refractivity contribution in [2.24, 2.45) is 40.4 Å². The summed E-state index contributed by atoms with van der Waals surface area (Å²) in [5, 5.41) is 0. The summed E-state index contributed by atoms with van der Waals surface area (Å²) in [5.74, 6) is 4.80. The van der Waals surface area contributed by atoms with Crippen molar-refractivity contribution in [2.45, 2.75) is 118 Å².